The van der Waals surface area contributed by atoms with Gasteiger partial charge in [-0.15, -0.1) is 0 Å². The van der Waals surface area contributed by atoms with Crippen LogP contribution in [-0.4, -0.2) is 39.1 Å². The van der Waals surface area contributed by atoms with E-state index in [1.54, 1.807) is 0 Å². The fraction of sp³-hybridized carbons (Fsp3) is 0.333. The van der Waals surface area contributed by atoms with Crippen LogP contribution < -0.4 is 0 Å². The highest BCUT2D eigenvalue weighted by molar-refractivity contribution is 9.10. The molecule has 0 fully saturated rings. The van der Waals surface area contributed by atoms with Crippen molar-refractivity contribution in [3.05, 3.63) is 33.8 Å². The Bertz CT molecular complexity index is 654. The topological polar surface area (TPSA) is 107 Å². The summed E-state index contributed by atoms with van der Waals surface area (Å²) in [4.78, 5) is 22.7. The number of halogens is 1. The maximum atomic E-state index is 11.4. The van der Waals surface area contributed by atoms with Crippen LogP contribution in [0.5, 0.6) is 0 Å². The molecule has 0 saturated heterocycles. The van der Waals surface area contributed by atoms with Crippen LogP contribution in [0.15, 0.2) is 22.7 Å². The molecule has 0 amide bonds. The zero-order valence-corrected chi connectivity index (χ0v) is 13.6. The molecule has 0 radical (unpaired) electrons. The lowest BCUT2D eigenvalue weighted by Crippen LogP contribution is -2.18. The fourth-order valence-corrected chi connectivity index (χ4v) is 3.32. The zero-order chi connectivity index (χ0) is 16.2. The van der Waals surface area contributed by atoms with E-state index < -0.39 is 33.7 Å². The van der Waals surface area contributed by atoms with Gasteiger partial charge in [-0.1, -0.05) is 22.0 Å². The van der Waals surface area contributed by atoms with Crippen molar-refractivity contribution in [2.75, 3.05) is 14.2 Å². The predicted octanol–water partition coefficient (Wildman–Crippen LogP) is 1.73. The summed E-state index contributed by atoms with van der Waals surface area (Å²) in [5.74, 6) is -1.39. The Morgan fingerprint density at radius 3 is 2.33 bits per heavy atom. The van der Waals surface area contributed by atoms with Gasteiger partial charge in [0.15, 0.2) is 0 Å². The summed E-state index contributed by atoms with van der Waals surface area (Å²) in [6, 6.07) is 4.00. The number of carbonyl (C=O) groups is 2. The van der Waals surface area contributed by atoms with Crippen LogP contribution in [0.4, 0.5) is 0 Å². The fourth-order valence-electron chi connectivity index (χ4n) is 1.64. The molecule has 0 aliphatic heterocycles. The van der Waals surface area contributed by atoms with Crippen LogP contribution in [0.2, 0.25) is 0 Å². The van der Waals surface area contributed by atoms with E-state index in [1.807, 2.05) is 0 Å². The highest BCUT2D eigenvalue weighted by Gasteiger charge is 2.30. The molecule has 1 atom stereocenters. The van der Waals surface area contributed by atoms with Crippen molar-refractivity contribution in [3.8, 4) is 0 Å². The molecule has 0 heterocycles. The summed E-state index contributed by atoms with van der Waals surface area (Å²) in [6.45, 7) is 0. The lowest BCUT2D eigenvalue weighted by atomic mass is 10.1. The number of hydrogen-bond donors (Lipinski definition) is 1. The Hall–Kier alpha value is -1.45. The van der Waals surface area contributed by atoms with E-state index in [1.165, 1.54) is 25.3 Å². The smallest absolute Gasteiger partial charge is 0.337 e. The van der Waals surface area contributed by atoms with Crippen molar-refractivity contribution in [1.29, 1.82) is 0 Å². The Balaban J connectivity index is 3.26. The molecule has 1 aromatic carbocycles. The van der Waals surface area contributed by atoms with Crippen molar-refractivity contribution in [2.24, 2.45) is 0 Å². The molecule has 1 rings (SSSR count). The lowest BCUT2D eigenvalue weighted by molar-refractivity contribution is -0.140. The molecule has 0 saturated carbocycles. The van der Waals surface area contributed by atoms with Gasteiger partial charge in [0, 0.05) is 4.47 Å². The molecule has 1 N–H and O–H groups in total. The molecule has 0 aliphatic rings. The molecule has 21 heavy (non-hydrogen) atoms. The van der Waals surface area contributed by atoms with E-state index in [4.69, 9.17) is 0 Å². The number of methoxy groups -OCH3 is 2. The molecule has 116 valence electrons. The minimum atomic E-state index is -4.53. The molecule has 0 aromatic heterocycles. The van der Waals surface area contributed by atoms with Crippen molar-refractivity contribution in [1.82, 2.24) is 0 Å². The first-order valence-corrected chi connectivity index (χ1v) is 7.91. The number of carbonyl (C=O) groups excluding carboxylic acids is 2. The Kier molecular flexibility index (Phi) is 5.87. The first-order valence-electron chi connectivity index (χ1n) is 5.61. The quantitative estimate of drug-likeness (QED) is 0.611. The van der Waals surface area contributed by atoms with E-state index in [0.717, 1.165) is 7.11 Å². The van der Waals surface area contributed by atoms with Crippen LogP contribution >= 0.6 is 15.9 Å². The summed E-state index contributed by atoms with van der Waals surface area (Å²) >= 11 is 3.11. The zero-order valence-electron chi connectivity index (χ0n) is 11.2. The summed E-state index contributed by atoms with van der Waals surface area (Å²) in [6.07, 6.45) is -0.550. The second-order valence-corrected chi connectivity index (χ2v) is 6.47. The molecular formula is C12H13BrO7S. The van der Waals surface area contributed by atoms with E-state index >= 15 is 0 Å². The predicted molar refractivity (Wildman–Crippen MR) is 76.4 cm³/mol. The first-order chi connectivity index (χ1) is 9.70. The average Bonchev–Trinajstić information content (AvgIpc) is 2.42. The maximum absolute atomic E-state index is 11.4. The van der Waals surface area contributed by atoms with Gasteiger partial charge in [0.1, 0.15) is 5.25 Å². The van der Waals surface area contributed by atoms with Gasteiger partial charge < -0.3 is 9.47 Å². The number of rotatable bonds is 5. The number of esters is 2. The summed E-state index contributed by atoms with van der Waals surface area (Å²) in [7, 11) is -2.21. The average molecular weight is 381 g/mol. The molecule has 7 nitrogen and oxygen atoms in total. The second kappa shape index (κ2) is 7.01. The van der Waals surface area contributed by atoms with Crippen LogP contribution in [-0.2, 0) is 24.4 Å². The molecule has 1 aromatic rings. The highest BCUT2D eigenvalue weighted by Crippen LogP contribution is 2.32. The Labute approximate surface area is 130 Å². The summed E-state index contributed by atoms with van der Waals surface area (Å²) in [5, 5.41) is -1.49. The molecule has 0 spiro atoms. The standard InChI is InChI=1S/C12H13BrO7S/c1-19-11(14)6-10(21(16,17)18)8-4-3-7(5-9(8)13)12(15)20-2/h3-5,10H,6H2,1-2H3,(H,16,17,18). The third kappa shape index (κ3) is 4.51. The van der Waals surface area contributed by atoms with Crippen molar-refractivity contribution in [3.63, 3.8) is 0 Å². The van der Waals surface area contributed by atoms with E-state index in [2.05, 4.69) is 25.4 Å². The Morgan fingerprint density at radius 2 is 1.90 bits per heavy atom. The maximum Gasteiger partial charge on any atom is 0.337 e. The van der Waals surface area contributed by atoms with Gasteiger partial charge >= 0.3 is 11.9 Å². The van der Waals surface area contributed by atoms with E-state index in [0.29, 0.717) is 0 Å². The minimum Gasteiger partial charge on any atom is -0.469 e. The SMILES string of the molecule is COC(=O)CC(c1ccc(C(=O)OC)cc1Br)S(=O)(=O)O. The van der Waals surface area contributed by atoms with Gasteiger partial charge in [0.2, 0.25) is 0 Å². The molecule has 1 unspecified atom stereocenters. The second-order valence-electron chi connectivity index (χ2n) is 4.01. The van der Waals surface area contributed by atoms with E-state index in [9.17, 15) is 22.6 Å². The first kappa shape index (κ1) is 17.6. The third-order valence-corrected chi connectivity index (χ3v) is 4.53. The number of hydrogen-bond acceptors (Lipinski definition) is 6. The van der Waals surface area contributed by atoms with Crippen LogP contribution in [0, 0.1) is 0 Å². The Morgan fingerprint density at radius 1 is 1.29 bits per heavy atom. The van der Waals surface area contributed by atoms with Crippen molar-refractivity contribution in [2.45, 2.75) is 11.7 Å². The molecule has 0 bridgehead atoms. The largest absolute Gasteiger partial charge is 0.469 e. The van der Waals surface area contributed by atoms with Gasteiger partial charge in [0.25, 0.3) is 10.1 Å². The van der Waals surface area contributed by atoms with Gasteiger partial charge in [0.05, 0.1) is 26.2 Å². The van der Waals surface area contributed by atoms with Gasteiger partial charge in [-0.25, -0.2) is 4.79 Å². The normalized spacial score (nSPS) is 12.6. The van der Waals surface area contributed by atoms with Gasteiger partial charge in [-0.05, 0) is 17.7 Å². The highest BCUT2D eigenvalue weighted by atomic mass is 79.9. The third-order valence-electron chi connectivity index (χ3n) is 2.71. The van der Waals surface area contributed by atoms with Crippen molar-refractivity contribution < 1.29 is 32.0 Å². The molecule has 9 heteroatoms. The van der Waals surface area contributed by atoms with Gasteiger partial charge in [-0.3, -0.25) is 9.35 Å². The minimum absolute atomic E-state index is 0.135. The summed E-state index contributed by atoms with van der Waals surface area (Å²) in [5.41, 5.74) is 0.329. The van der Waals surface area contributed by atoms with Crippen LogP contribution in [0.25, 0.3) is 0 Å². The lowest BCUT2D eigenvalue weighted by Gasteiger charge is -2.15. The monoisotopic (exact) mass is 380 g/mol. The number of ether oxygens (including phenoxy) is 2. The van der Waals surface area contributed by atoms with Crippen LogP contribution in [0.3, 0.4) is 0 Å². The molecule has 0 aliphatic carbocycles. The van der Waals surface area contributed by atoms with Gasteiger partial charge in [-0.2, -0.15) is 8.42 Å². The van der Waals surface area contributed by atoms with Crippen molar-refractivity contribution >= 4 is 38.0 Å². The van der Waals surface area contributed by atoms with E-state index in [-0.39, 0.29) is 15.6 Å². The summed E-state index contributed by atoms with van der Waals surface area (Å²) < 4.78 is 41.4. The van der Waals surface area contributed by atoms with Crippen LogP contribution in [0.1, 0.15) is 27.6 Å². The number of benzene rings is 1. The molecular weight excluding hydrogens is 368 g/mol.